The summed E-state index contributed by atoms with van der Waals surface area (Å²) in [7, 11) is 2.10. The SMILES string of the molecule is CCCCn1nc(CC(C)C)c2c(NCC3(O)CCN(C)CC3)ncnc21. The van der Waals surface area contributed by atoms with Crippen LogP contribution in [-0.4, -0.2) is 62.0 Å². The zero-order chi connectivity index (χ0) is 19.4. The molecule has 3 heterocycles. The van der Waals surface area contributed by atoms with Crippen molar-refractivity contribution in [3.63, 3.8) is 0 Å². The van der Waals surface area contributed by atoms with Gasteiger partial charge in [0.25, 0.3) is 0 Å². The van der Waals surface area contributed by atoms with Crippen molar-refractivity contribution in [3.8, 4) is 0 Å². The summed E-state index contributed by atoms with van der Waals surface area (Å²) in [5.41, 5.74) is 1.27. The van der Waals surface area contributed by atoms with E-state index in [0.29, 0.717) is 12.5 Å². The number of unbranched alkanes of at least 4 members (excludes halogenated alkanes) is 1. The van der Waals surface area contributed by atoms with Crippen molar-refractivity contribution in [2.24, 2.45) is 5.92 Å². The Bertz CT molecular complexity index is 748. The van der Waals surface area contributed by atoms with Gasteiger partial charge < -0.3 is 15.3 Å². The van der Waals surface area contributed by atoms with Gasteiger partial charge in [-0.3, -0.25) is 0 Å². The molecule has 0 bridgehead atoms. The molecule has 0 radical (unpaired) electrons. The van der Waals surface area contributed by atoms with E-state index >= 15 is 0 Å². The average Bonchev–Trinajstić information content (AvgIpc) is 2.99. The third-order valence-corrected chi connectivity index (χ3v) is 5.43. The van der Waals surface area contributed by atoms with E-state index in [-0.39, 0.29) is 0 Å². The van der Waals surface area contributed by atoms with Crippen molar-refractivity contribution in [1.82, 2.24) is 24.6 Å². The Labute approximate surface area is 162 Å². The number of nitrogens with one attached hydrogen (secondary N) is 1. The number of hydrogen-bond acceptors (Lipinski definition) is 6. The van der Waals surface area contributed by atoms with Gasteiger partial charge in [0.1, 0.15) is 12.1 Å². The molecular formula is C20H34N6O. The van der Waals surface area contributed by atoms with E-state index in [4.69, 9.17) is 5.10 Å². The van der Waals surface area contributed by atoms with Gasteiger partial charge in [-0.25, -0.2) is 14.6 Å². The highest BCUT2D eigenvalue weighted by molar-refractivity contribution is 5.89. The molecule has 0 unspecified atom stereocenters. The second-order valence-corrected chi connectivity index (χ2v) is 8.42. The molecule has 150 valence electrons. The van der Waals surface area contributed by atoms with E-state index in [1.807, 2.05) is 4.68 Å². The van der Waals surface area contributed by atoms with Gasteiger partial charge in [-0.1, -0.05) is 27.2 Å². The van der Waals surface area contributed by atoms with Crippen LogP contribution in [0.1, 0.15) is 52.1 Å². The number of aromatic nitrogens is 4. The highest BCUT2D eigenvalue weighted by Gasteiger charge is 2.31. The zero-order valence-electron chi connectivity index (χ0n) is 17.2. The first-order valence-corrected chi connectivity index (χ1v) is 10.3. The maximum atomic E-state index is 10.9. The first-order chi connectivity index (χ1) is 12.9. The molecule has 0 aromatic carbocycles. The molecule has 1 aliphatic rings. The second kappa shape index (κ2) is 8.52. The van der Waals surface area contributed by atoms with Crippen LogP contribution in [0.25, 0.3) is 11.0 Å². The average molecular weight is 375 g/mol. The molecule has 2 N–H and O–H groups in total. The van der Waals surface area contributed by atoms with E-state index in [2.05, 4.69) is 48.0 Å². The highest BCUT2D eigenvalue weighted by atomic mass is 16.3. The topological polar surface area (TPSA) is 79.1 Å². The number of aliphatic hydroxyl groups is 1. The van der Waals surface area contributed by atoms with Crippen LogP contribution in [0.15, 0.2) is 6.33 Å². The number of rotatable bonds is 8. The van der Waals surface area contributed by atoms with Crippen molar-refractivity contribution in [1.29, 1.82) is 0 Å². The van der Waals surface area contributed by atoms with Crippen molar-refractivity contribution >= 4 is 16.9 Å². The second-order valence-electron chi connectivity index (χ2n) is 8.42. The fourth-order valence-corrected chi connectivity index (χ4v) is 3.67. The Morgan fingerprint density at radius 3 is 2.67 bits per heavy atom. The standard InChI is InChI=1S/C20H34N6O/c1-5-6-9-26-19-17(16(24-26)12-15(2)3)18(22-14-23-19)21-13-20(27)7-10-25(4)11-8-20/h14-15,27H,5-13H2,1-4H3,(H,21,22,23). The Morgan fingerprint density at radius 2 is 2.00 bits per heavy atom. The molecule has 2 aromatic rings. The van der Waals surface area contributed by atoms with Crippen LogP contribution >= 0.6 is 0 Å². The fraction of sp³-hybridized carbons (Fsp3) is 0.750. The zero-order valence-corrected chi connectivity index (χ0v) is 17.2. The summed E-state index contributed by atoms with van der Waals surface area (Å²) in [5, 5.41) is 20.2. The molecule has 1 saturated heterocycles. The van der Waals surface area contributed by atoms with Crippen LogP contribution in [0.2, 0.25) is 0 Å². The number of hydrogen-bond donors (Lipinski definition) is 2. The minimum Gasteiger partial charge on any atom is -0.388 e. The number of nitrogens with zero attached hydrogens (tertiary/aromatic N) is 5. The van der Waals surface area contributed by atoms with E-state index in [0.717, 1.165) is 74.3 Å². The van der Waals surface area contributed by atoms with Gasteiger partial charge in [0.05, 0.1) is 16.7 Å². The molecule has 3 rings (SSSR count). The molecule has 0 aliphatic carbocycles. The normalized spacial score (nSPS) is 17.7. The minimum absolute atomic E-state index is 0.508. The number of likely N-dealkylation sites (tertiary alicyclic amines) is 1. The first kappa shape index (κ1) is 20.0. The smallest absolute Gasteiger partial charge is 0.163 e. The third kappa shape index (κ3) is 4.76. The number of piperidine rings is 1. The van der Waals surface area contributed by atoms with Gasteiger partial charge >= 0.3 is 0 Å². The van der Waals surface area contributed by atoms with Gasteiger partial charge in [0.2, 0.25) is 0 Å². The maximum absolute atomic E-state index is 10.9. The molecule has 0 amide bonds. The lowest BCUT2D eigenvalue weighted by molar-refractivity contribution is -0.00407. The monoisotopic (exact) mass is 374 g/mol. The summed E-state index contributed by atoms with van der Waals surface area (Å²) in [6.07, 6.45) is 6.26. The van der Waals surface area contributed by atoms with Gasteiger partial charge in [0, 0.05) is 26.2 Å². The summed E-state index contributed by atoms with van der Waals surface area (Å²) in [4.78, 5) is 11.3. The molecule has 0 spiro atoms. The van der Waals surface area contributed by atoms with E-state index in [9.17, 15) is 5.11 Å². The highest BCUT2D eigenvalue weighted by Crippen LogP contribution is 2.28. The van der Waals surface area contributed by atoms with Crippen molar-refractivity contribution < 1.29 is 5.11 Å². The van der Waals surface area contributed by atoms with Gasteiger partial charge in [-0.2, -0.15) is 5.10 Å². The molecule has 1 aliphatic heterocycles. The Morgan fingerprint density at radius 1 is 1.26 bits per heavy atom. The van der Waals surface area contributed by atoms with Gasteiger partial charge in [-0.05, 0) is 38.6 Å². The molecule has 27 heavy (non-hydrogen) atoms. The van der Waals surface area contributed by atoms with Crippen molar-refractivity contribution in [2.45, 2.75) is 65.0 Å². The lowest BCUT2D eigenvalue weighted by Crippen LogP contribution is -2.47. The summed E-state index contributed by atoms with van der Waals surface area (Å²) in [6, 6.07) is 0. The predicted octanol–water partition coefficient (Wildman–Crippen LogP) is 2.69. The van der Waals surface area contributed by atoms with Crippen molar-refractivity contribution in [2.75, 3.05) is 32.0 Å². The molecule has 0 atom stereocenters. The summed E-state index contributed by atoms with van der Waals surface area (Å²) in [5.74, 6) is 1.31. The molecule has 2 aromatic heterocycles. The van der Waals surface area contributed by atoms with Crippen molar-refractivity contribution in [3.05, 3.63) is 12.0 Å². The molecule has 7 nitrogen and oxygen atoms in total. The molecule has 0 saturated carbocycles. The van der Waals surface area contributed by atoms with Crippen LogP contribution in [0.4, 0.5) is 5.82 Å². The van der Waals surface area contributed by atoms with Crippen LogP contribution in [-0.2, 0) is 13.0 Å². The maximum Gasteiger partial charge on any atom is 0.163 e. The number of fused-ring (bicyclic) bond motifs is 1. The Balaban J connectivity index is 1.87. The first-order valence-electron chi connectivity index (χ1n) is 10.3. The summed E-state index contributed by atoms with van der Waals surface area (Å²) in [6.45, 7) is 9.82. The fourth-order valence-electron chi connectivity index (χ4n) is 3.67. The van der Waals surface area contributed by atoms with Gasteiger partial charge in [-0.15, -0.1) is 0 Å². The molecule has 1 fully saturated rings. The largest absolute Gasteiger partial charge is 0.388 e. The lowest BCUT2D eigenvalue weighted by Gasteiger charge is -2.36. The number of anilines is 1. The summed E-state index contributed by atoms with van der Waals surface area (Å²) < 4.78 is 2.02. The Hall–Kier alpha value is -1.73. The van der Waals surface area contributed by atoms with Crippen LogP contribution in [0.3, 0.4) is 0 Å². The van der Waals surface area contributed by atoms with Gasteiger partial charge in [0.15, 0.2) is 5.65 Å². The molecular weight excluding hydrogens is 340 g/mol. The number of aryl methyl sites for hydroxylation is 1. The van der Waals surface area contributed by atoms with Crippen LogP contribution in [0, 0.1) is 5.92 Å². The quantitative estimate of drug-likeness (QED) is 0.740. The van der Waals surface area contributed by atoms with E-state index < -0.39 is 5.60 Å². The lowest BCUT2D eigenvalue weighted by atomic mass is 9.91. The van der Waals surface area contributed by atoms with Crippen LogP contribution < -0.4 is 5.32 Å². The Kier molecular flexibility index (Phi) is 6.32. The van der Waals surface area contributed by atoms with Crippen LogP contribution in [0.5, 0.6) is 0 Å². The third-order valence-electron chi connectivity index (χ3n) is 5.43. The van der Waals surface area contributed by atoms with E-state index in [1.165, 1.54) is 0 Å². The summed E-state index contributed by atoms with van der Waals surface area (Å²) >= 11 is 0. The molecule has 7 heteroatoms. The minimum atomic E-state index is -0.680. The van der Waals surface area contributed by atoms with E-state index in [1.54, 1.807) is 6.33 Å². The predicted molar refractivity (Wildman–Crippen MR) is 109 cm³/mol.